The molecule has 2 aromatic carbocycles. The molecule has 2 N–H and O–H groups in total. The van der Waals surface area contributed by atoms with E-state index in [2.05, 4.69) is 30.4 Å². The second-order valence-electron chi connectivity index (χ2n) is 10.4. The molecule has 2 fully saturated rings. The number of hydrogen-bond donors (Lipinski definition) is 2. The van der Waals surface area contributed by atoms with Gasteiger partial charge >= 0.3 is 0 Å². The molecule has 3 aromatic rings. The van der Waals surface area contributed by atoms with Crippen molar-refractivity contribution in [3.05, 3.63) is 62.6 Å². The van der Waals surface area contributed by atoms with Crippen LogP contribution in [0.15, 0.2) is 55.5 Å². The zero-order chi connectivity index (χ0) is 27.4. The minimum atomic E-state index is -3.61. The van der Waals surface area contributed by atoms with Crippen molar-refractivity contribution in [2.75, 3.05) is 0 Å². The molecule has 2 aliphatic rings. The highest BCUT2D eigenvalue weighted by molar-refractivity contribution is 9.10. The molecule has 0 aliphatic heterocycles. The van der Waals surface area contributed by atoms with E-state index >= 15 is 0 Å². The number of halogens is 1. The summed E-state index contributed by atoms with van der Waals surface area (Å²) in [6.07, 6.45) is 3.51. The molecule has 200 valence electrons. The third-order valence-corrected chi connectivity index (χ3v) is 10.9. The Morgan fingerprint density at radius 2 is 1.35 bits per heavy atom. The van der Waals surface area contributed by atoms with Crippen LogP contribution in [0.5, 0.6) is 0 Å². The smallest absolute Gasteiger partial charge is 0.261 e. The SMILES string of the molecule is Cc1cc(S(=O)(=O)NC2(C)CC2)ccc1Br.Cc1nc2ccc(S(=O)(=O)NC3(C)CC3)cc2c(=O)n1C. The molecule has 0 radical (unpaired) electrons. The highest BCUT2D eigenvalue weighted by atomic mass is 79.9. The molecule has 37 heavy (non-hydrogen) atoms. The highest BCUT2D eigenvalue weighted by Crippen LogP contribution is 2.37. The summed E-state index contributed by atoms with van der Waals surface area (Å²) < 4.78 is 56.5. The van der Waals surface area contributed by atoms with Crippen LogP contribution in [0.3, 0.4) is 0 Å². The molecule has 2 aliphatic carbocycles. The number of aryl methyl sites for hydroxylation is 2. The fraction of sp³-hybridized carbons (Fsp3) is 0.440. The van der Waals surface area contributed by atoms with Gasteiger partial charge in [-0.1, -0.05) is 15.9 Å². The van der Waals surface area contributed by atoms with Gasteiger partial charge in [0.2, 0.25) is 20.0 Å². The summed E-state index contributed by atoms with van der Waals surface area (Å²) in [5, 5.41) is 0.312. The fourth-order valence-corrected chi connectivity index (χ4v) is 6.95. The standard InChI is InChI=1S/C14H17N3O3S.C11H14BrNO2S/c1-9-15-12-5-4-10(8-11(12)13(18)17(9)3)21(19,20)16-14(2)6-7-14;1-8-7-9(3-4-10(8)12)16(14,15)13-11(2)5-6-11/h4-5,8,16H,6-7H2,1-3H3;3-4,7,13H,5-6H2,1-2H3. The summed E-state index contributed by atoms with van der Waals surface area (Å²) in [7, 11) is -5.36. The van der Waals surface area contributed by atoms with E-state index < -0.39 is 20.0 Å². The largest absolute Gasteiger partial charge is 0.299 e. The van der Waals surface area contributed by atoms with Crippen molar-refractivity contribution in [1.29, 1.82) is 0 Å². The molecule has 0 atom stereocenters. The third kappa shape index (κ3) is 6.31. The Labute approximate surface area is 225 Å². The fourth-order valence-electron chi connectivity index (χ4n) is 3.66. The minimum Gasteiger partial charge on any atom is -0.299 e. The summed E-state index contributed by atoms with van der Waals surface area (Å²) in [6.45, 7) is 7.41. The van der Waals surface area contributed by atoms with Crippen LogP contribution in [0.1, 0.15) is 50.9 Å². The Hall–Kier alpha value is -2.12. The van der Waals surface area contributed by atoms with Gasteiger partial charge in [0.25, 0.3) is 5.56 Å². The first-order chi connectivity index (χ1) is 17.0. The number of rotatable bonds is 6. The summed E-state index contributed by atoms with van der Waals surface area (Å²) >= 11 is 3.35. The predicted molar refractivity (Wildman–Crippen MR) is 147 cm³/mol. The maximum atomic E-state index is 12.4. The summed E-state index contributed by atoms with van der Waals surface area (Å²) in [6, 6.07) is 9.52. The first kappa shape index (κ1) is 27.9. The van der Waals surface area contributed by atoms with Crippen LogP contribution in [0, 0.1) is 13.8 Å². The zero-order valence-electron chi connectivity index (χ0n) is 21.4. The van der Waals surface area contributed by atoms with Gasteiger partial charge in [-0.3, -0.25) is 9.36 Å². The lowest BCUT2D eigenvalue weighted by Crippen LogP contribution is -2.34. The van der Waals surface area contributed by atoms with Gasteiger partial charge in [-0.25, -0.2) is 31.3 Å². The molecular weight excluding hydrogens is 580 g/mol. The summed E-state index contributed by atoms with van der Waals surface area (Å²) in [5.41, 5.74) is 0.618. The van der Waals surface area contributed by atoms with Crippen LogP contribution >= 0.6 is 15.9 Å². The lowest BCUT2D eigenvalue weighted by atomic mass is 10.2. The lowest BCUT2D eigenvalue weighted by molar-refractivity contribution is 0.556. The molecular formula is C25H31BrN4O5S2. The van der Waals surface area contributed by atoms with Crippen LogP contribution in [0.4, 0.5) is 0 Å². The molecule has 5 rings (SSSR count). The lowest BCUT2D eigenvalue weighted by Gasteiger charge is -2.13. The molecule has 0 bridgehead atoms. The Balaban J connectivity index is 0.000000180. The van der Waals surface area contributed by atoms with Crippen LogP contribution in [-0.2, 0) is 27.1 Å². The molecule has 0 amide bonds. The molecule has 12 heteroatoms. The average Bonchev–Trinajstić information content (AvgIpc) is 3.72. The second kappa shape index (κ2) is 9.57. The zero-order valence-corrected chi connectivity index (χ0v) is 24.6. The van der Waals surface area contributed by atoms with Crippen molar-refractivity contribution in [2.45, 2.75) is 74.2 Å². The Kier molecular flexibility index (Phi) is 7.21. The highest BCUT2D eigenvalue weighted by Gasteiger charge is 2.42. The Morgan fingerprint density at radius 1 is 0.865 bits per heavy atom. The van der Waals surface area contributed by atoms with Gasteiger partial charge in [0.05, 0.1) is 20.7 Å². The summed E-state index contributed by atoms with van der Waals surface area (Å²) in [4.78, 5) is 17.0. The average molecular weight is 612 g/mol. The monoisotopic (exact) mass is 610 g/mol. The van der Waals surface area contributed by atoms with Crippen molar-refractivity contribution in [3.8, 4) is 0 Å². The number of hydrogen-bond acceptors (Lipinski definition) is 6. The molecule has 0 saturated heterocycles. The van der Waals surface area contributed by atoms with E-state index in [0.29, 0.717) is 21.6 Å². The maximum Gasteiger partial charge on any atom is 0.261 e. The molecule has 0 spiro atoms. The molecule has 0 unspecified atom stereocenters. The van der Waals surface area contributed by atoms with E-state index in [1.807, 2.05) is 20.8 Å². The van der Waals surface area contributed by atoms with Crippen LogP contribution in [0.25, 0.3) is 10.9 Å². The van der Waals surface area contributed by atoms with Crippen LogP contribution in [-0.4, -0.2) is 37.5 Å². The van der Waals surface area contributed by atoms with Crippen molar-refractivity contribution < 1.29 is 16.8 Å². The second-order valence-corrected chi connectivity index (χ2v) is 14.7. The van der Waals surface area contributed by atoms with Crippen molar-refractivity contribution >= 4 is 46.9 Å². The third-order valence-electron chi connectivity index (χ3n) is 6.78. The number of aromatic nitrogens is 2. The number of benzene rings is 2. The van der Waals surface area contributed by atoms with Crippen molar-refractivity contribution in [2.24, 2.45) is 7.05 Å². The molecule has 1 heterocycles. The van der Waals surface area contributed by atoms with Crippen molar-refractivity contribution in [1.82, 2.24) is 19.0 Å². The van der Waals surface area contributed by atoms with Crippen LogP contribution < -0.4 is 15.0 Å². The topological polar surface area (TPSA) is 127 Å². The van der Waals surface area contributed by atoms with Gasteiger partial charge in [-0.05, 0) is 95.3 Å². The summed E-state index contributed by atoms with van der Waals surface area (Å²) in [5.74, 6) is 0.590. The van der Waals surface area contributed by atoms with E-state index in [1.165, 1.54) is 16.7 Å². The van der Waals surface area contributed by atoms with Gasteiger partial charge in [0, 0.05) is 22.6 Å². The molecule has 2 saturated carbocycles. The Bertz CT molecular complexity index is 1660. The first-order valence-electron chi connectivity index (χ1n) is 11.9. The van der Waals surface area contributed by atoms with Gasteiger partial charge in [-0.15, -0.1) is 0 Å². The van der Waals surface area contributed by atoms with Gasteiger partial charge in [-0.2, -0.15) is 0 Å². The molecule has 9 nitrogen and oxygen atoms in total. The Morgan fingerprint density at radius 3 is 1.84 bits per heavy atom. The number of nitrogens with zero attached hydrogens (tertiary/aromatic N) is 2. The first-order valence-corrected chi connectivity index (χ1v) is 15.6. The van der Waals surface area contributed by atoms with E-state index in [1.54, 1.807) is 38.2 Å². The van der Waals surface area contributed by atoms with Gasteiger partial charge in [0.15, 0.2) is 0 Å². The predicted octanol–water partition coefficient (Wildman–Crippen LogP) is 3.66. The van der Waals surface area contributed by atoms with Gasteiger partial charge in [0.1, 0.15) is 5.82 Å². The molecule has 1 aromatic heterocycles. The maximum absolute atomic E-state index is 12.4. The minimum absolute atomic E-state index is 0.103. The van der Waals surface area contributed by atoms with E-state index in [9.17, 15) is 21.6 Å². The normalized spacial score (nSPS) is 17.7. The quantitative estimate of drug-likeness (QED) is 0.438. The number of sulfonamides is 2. The number of fused-ring (bicyclic) bond motifs is 1. The van der Waals surface area contributed by atoms with Crippen LogP contribution in [0.2, 0.25) is 0 Å². The van der Waals surface area contributed by atoms with E-state index in [-0.39, 0.29) is 21.5 Å². The number of nitrogens with one attached hydrogen (secondary N) is 2. The van der Waals surface area contributed by atoms with E-state index in [0.717, 1.165) is 35.7 Å². The van der Waals surface area contributed by atoms with E-state index in [4.69, 9.17) is 0 Å². The van der Waals surface area contributed by atoms with Crippen molar-refractivity contribution in [3.63, 3.8) is 0 Å². The van der Waals surface area contributed by atoms with Gasteiger partial charge < -0.3 is 0 Å².